The van der Waals surface area contributed by atoms with Crippen molar-refractivity contribution in [2.75, 3.05) is 0 Å². The van der Waals surface area contributed by atoms with Gasteiger partial charge in [-0.2, -0.15) is 0 Å². The van der Waals surface area contributed by atoms with Gasteiger partial charge >= 0.3 is 0 Å². The molecule has 1 aromatic carbocycles. The second-order valence-electron chi connectivity index (χ2n) is 4.66. The minimum Gasteiger partial charge on any atom is -0.295 e. The molecule has 0 aliphatic carbocycles. The first kappa shape index (κ1) is 12.0. The summed E-state index contributed by atoms with van der Waals surface area (Å²) in [6, 6.07) is 6.22. The summed E-state index contributed by atoms with van der Waals surface area (Å²) in [6.45, 7) is 10.2. The number of aryl methyl sites for hydroxylation is 1. The smallest absolute Gasteiger partial charge is 0.160 e. The van der Waals surface area contributed by atoms with E-state index in [9.17, 15) is 4.79 Å². The Labute approximate surface area is 92.5 Å². The van der Waals surface area contributed by atoms with Crippen molar-refractivity contribution >= 4 is 5.78 Å². The molecule has 0 radical (unpaired) electrons. The van der Waals surface area contributed by atoms with Crippen molar-refractivity contribution < 1.29 is 4.79 Å². The summed E-state index contributed by atoms with van der Waals surface area (Å²) in [6.07, 6.45) is 0. The number of rotatable bonds is 3. The molecular weight excluding hydrogens is 184 g/mol. The lowest BCUT2D eigenvalue weighted by Crippen LogP contribution is -2.05. The van der Waals surface area contributed by atoms with E-state index in [0.29, 0.717) is 11.8 Å². The minimum absolute atomic E-state index is 0.158. The van der Waals surface area contributed by atoms with Gasteiger partial charge in [-0.15, -0.1) is 0 Å². The minimum atomic E-state index is 0.158. The van der Waals surface area contributed by atoms with Crippen LogP contribution in [0, 0.1) is 12.8 Å². The molecule has 1 atom stereocenters. The molecule has 0 N–H and O–H groups in total. The molecule has 0 aromatic heterocycles. The Hall–Kier alpha value is -1.11. The number of carbonyl (C=O) groups excluding carboxylic acids is 1. The van der Waals surface area contributed by atoms with Crippen molar-refractivity contribution in [3.63, 3.8) is 0 Å². The first-order valence-corrected chi connectivity index (χ1v) is 5.55. The standard InChI is InChI=1S/C14H20O/c1-9(2)11(4)13-7-6-10(3)14(8-13)12(5)15/h6-9,11H,1-5H3. The molecule has 0 aliphatic rings. The first-order valence-electron chi connectivity index (χ1n) is 5.55. The van der Waals surface area contributed by atoms with Crippen LogP contribution < -0.4 is 0 Å². The van der Waals surface area contributed by atoms with Crippen LogP contribution in [0.2, 0.25) is 0 Å². The Morgan fingerprint density at radius 2 is 1.80 bits per heavy atom. The van der Waals surface area contributed by atoms with Gasteiger partial charge in [0.05, 0.1) is 0 Å². The molecule has 0 saturated carbocycles. The van der Waals surface area contributed by atoms with Crippen LogP contribution in [0.3, 0.4) is 0 Å². The maximum absolute atomic E-state index is 11.4. The Balaban J connectivity index is 3.13. The summed E-state index contributed by atoms with van der Waals surface area (Å²) < 4.78 is 0. The number of hydrogen-bond donors (Lipinski definition) is 0. The van der Waals surface area contributed by atoms with Crippen LogP contribution in [0.5, 0.6) is 0 Å². The Morgan fingerprint density at radius 1 is 1.20 bits per heavy atom. The predicted octanol–water partition coefficient (Wildman–Crippen LogP) is 3.96. The second-order valence-corrected chi connectivity index (χ2v) is 4.66. The molecule has 1 rings (SSSR count). The molecule has 0 amide bonds. The van der Waals surface area contributed by atoms with Crippen LogP contribution in [0.15, 0.2) is 18.2 Å². The van der Waals surface area contributed by atoms with Crippen molar-refractivity contribution in [1.29, 1.82) is 0 Å². The normalized spacial score (nSPS) is 12.9. The molecular formula is C14H20O. The van der Waals surface area contributed by atoms with Crippen LogP contribution in [0.25, 0.3) is 0 Å². The quantitative estimate of drug-likeness (QED) is 0.681. The zero-order valence-electron chi connectivity index (χ0n) is 10.3. The van der Waals surface area contributed by atoms with Gasteiger partial charge in [-0.3, -0.25) is 4.79 Å². The van der Waals surface area contributed by atoms with Crippen molar-refractivity contribution in [1.82, 2.24) is 0 Å². The lowest BCUT2D eigenvalue weighted by atomic mass is 9.88. The number of Topliss-reactive ketones (excluding diaryl/α,β-unsaturated/α-hetero) is 1. The molecule has 1 nitrogen and oxygen atoms in total. The Kier molecular flexibility index (Phi) is 3.67. The maximum Gasteiger partial charge on any atom is 0.160 e. The van der Waals surface area contributed by atoms with Gasteiger partial charge in [-0.1, -0.05) is 32.9 Å². The van der Waals surface area contributed by atoms with Gasteiger partial charge in [-0.05, 0) is 42.9 Å². The molecule has 0 aliphatic heterocycles. The van der Waals surface area contributed by atoms with E-state index in [-0.39, 0.29) is 5.78 Å². The van der Waals surface area contributed by atoms with Gasteiger partial charge < -0.3 is 0 Å². The highest BCUT2D eigenvalue weighted by atomic mass is 16.1. The fourth-order valence-electron chi connectivity index (χ4n) is 1.69. The third-order valence-corrected chi connectivity index (χ3v) is 3.17. The fourth-order valence-corrected chi connectivity index (χ4v) is 1.69. The monoisotopic (exact) mass is 204 g/mol. The fraction of sp³-hybridized carbons (Fsp3) is 0.500. The van der Waals surface area contributed by atoms with Crippen molar-refractivity contribution in [3.8, 4) is 0 Å². The van der Waals surface area contributed by atoms with Gasteiger partial charge in [0.1, 0.15) is 0 Å². The summed E-state index contributed by atoms with van der Waals surface area (Å²) in [5.41, 5.74) is 3.20. The lowest BCUT2D eigenvalue weighted by molar-refractivity contribution is 0.101. The number of benzene rings is 1. The average Bonchev–Trinajstić information content (AvgIpc) is 2.16. The molecule has 0 saturated heterocycles. The zero-order chi connectivity index (χ0) is 11.6. The van der Waals surface area contributed by atoms with Crippen molar-refractivity contribution in [2.45, 2.75) is 40.5 Å². The van der Waals surface area contributed by atoms with Crippen molar-refractivity contribution in [3.05, 3.63) is 34.9 Å². The van der Waals surface area contributed by atoms with E-state index in [2.05, 4.69) is 26.8 Å². The van der Waals surface area contributed by atoms with Crippen LogP contribution in [-0.2, 0) is 0 Å². The first-order chi connectivity index (χ1) is 6.93. The largest absolute Gasteiger partial charge is 0.295 e. The molecule has 0 heterocycles. The van der Waals surface area contributed by atoms with E-state index in [1.54, 1.807) is 6.92 Å². The topological polar surface area (TPSA) is 17.1 Å². The third-order valence-electron chi connectivity index (χ3n) is 3.17. The summed E-state index contributed by atoms with van der Waals surface area (Å²) in [5.74, 6) is 1.27. The van der Waals surface area contributed by atoms with Crippen LogP contribution in [0.4, 0.5) is 0 Å². The maximum atomic E-state index is 11.4. The molecule has 15 heavy (non-hydrogen) atoms. The van der Waals surface area contributed by atoms with Gasteiger partial charge in [0.25, 0.3) is 0 Å². The van der Waals surface area contributed by atoms with Crippen LogP contribution >= 0.6 is 0 Å². The van der Waals surface area contributed by atoms with Gasteiger partial charge in [0.15, 0.2) is 5.78 Å². The Morgan fingerprint density at radius 3 is 2.27 bits per heavy atom. The molecule has 82 valence electrons. The van der Waals surface area contributed by atoms with E-state index in [1.165, 1.54) is 5.56 Å². The molecule has 0 fully saturated rings. The predicted molar refractivity (Wildman–Crippen MR) is 64.4 cm³/mol. The Bertz CT molecular complexity index is 364. The lowest BCUT2D eigenvalue weighted by Gasteiger charge is -2.17. The molecule has 1 heteroatoms. The van der Waals surface area contributed by atoms with E-state index >= 15 is 0 Å². The highest BCUT2D eigenvalue weighted by Gasteiger charge is 2.12. The zero-order valence-corrected chi connectivity index (χ0v) is 10.3. The molecule has 1 aromatic rings. The highest BCUT2D eigenvalue weighted by molar-refractivity contribution is 5.95. The number of hydrogen-bond acceptors (Lipinski definition) is 1. The summed E-state index contributed by atoms with van der Waals surface area (Å²) >= 11 is 0. The molecule has 0 bridgehead atoms. The van der Waals surface area contributed by atoms with Crippen LogP contribution in [-0.4, -0.2) is 5.78 Å². The van der Waals surface area contributed by atoms with Gasteiger partial charge in [0.2, 0.25) is 0 Å². The summed E-state index contributed by atoms with van der Waals surface area (Å²) in [7, 11) is 0. The SMILES string of the molecule is CC(=O)c1cc(C(C)C(C)C)ccc1C. The number of carbonyl (C=O) groups is 1. The molecule has 0 spiro atoms. The van der Waals surface area contributed by atoms with E-state index in [4.69, 9.17) is 0 Å². The van der Waals surface area contributed by atoms with Crippen molar-refractivity contribution in [2.24, 2.45) is 5.92 Å². The third kappa shape index (κ3) is 2.68. The van der Waals surface area contributed by atoms with E-state index < -0.39 is 0 Å². The summed E-state index contributed by atoms with van der Waals surface area (Å²) in [5, 5.41) is 0. The molecule has 1 unspecified atom stereocenters. The van der Waals surface area contributed by atoms with E-state index in [0.717, 1.165) is 11.1 Å². The summed E-state index contributed by atoms with van der Waals surface area (Å²) in [4.78, 5) is 11.4. The highest BCUT2D eigenvalue weighted by Crippen LogP contribution is 2.25. The van der Waals surface area contributed by atoms with Crippen LogP contribution in [0.1, 0.15) is 55.1 Å². The van der Waals surface area contributed by atoms with Gasteiger partial charge in [0, 0.05) is 5.56 Å². The average molecular weight is 204 g/mol. The van der Waals surface area contributed by atoms with E-state index in [1.807, 2.05) is 19.1 Å². The van der Waals surface area contributed by atoms with Gasteiger partial charge in [-0.25, -0.2) is 0 Å². The number of ketones is 1. The second kappa shape index (κ2) is 4.61.